The Morgan fingerprint density at radius 2 is 1.22 bits per heavy atom. The number of aliphatic hydroxyl groups excluding tert-OH is 7. The number of aliphatic hydroxyl groups is 7. The maximum absolute atomic E-state index is 16.8. The molecule has 129 heavy (non-hydrogen) atoms. The van der Waals surface area contributed by atoms with Crippen LogP contribution in [0.15, 0.2) is 121 Å². The average Bonchev–Trinajstić information content (AvgIpc) is 0.755. The van der Waals surface area contributed by atoms with Crippen molar-refractivity contribution in [2.24, 2.45) is 11.2 Å². The summed E-state index contributed by atoms with van der Waals surface area (Å²) in [6.07, 6.45) is -17.3. The fraction of sp³-hybridized carbons (Fsp3) is 0.414. The van der Waals surface area contributed by atoms with Gasteiger partial charge in [0.2, 0.25) is 65.6 Å². The van der Waals surface area contributed by atoms with Crippen LogP contribution in [0.5, 0.6) is 69.0 Å². The summed E-state index contributed by atoms with van der Waals surface area (Å²) in [5.41, 5.74) is -3.16. The summed E-state index contributed by atoms with van der Waals surface area (Å²) in [7, 11) is 4.64. The number of fused-ring (bicyclic) bond motifs is 14. The number of phenolic OH excluding ortho intramolecular Hbond substituents is 4. The number of aromatic hydroxyl groups is 4. The molecule has 8 aliphatic heterocycles. The summed E-state index contributed by atoms with van der Waals surface area (Å²) in [5.74, 6) is -18.6. The van der Waals surface area contributed by atoms with E-state index in [0.29, 0.717) is 30.3 Å². The highest BCUT2D eigenvalue weighted by Gasteiger charge is 2.52. The second-order valence-electron chi connectivity index (χ2n) is 32.7. The first kappa shape index (κ1) is 94.2. The van der Waals surface area contributed by atoms with Crippen molar-refractivity contribution in [3.63, 3.8) is 0 Å². The first-order valence-corrected chi connectivity index (χ1v) is 42.1. The lowest BCUT2D eigenvalue weighted by molar-refractivity contribution is -0.277. The molecule has 688 valence electrons. The number of rotatable bonds is 22. The van der Waals surface area contributed by atoms with Gasteiger partial charge in [0.1, 0.15) is 125 Å². The van der Waals surface area contributed by atoms with Crippen LogP contribution < -0.4 is 66.2 Å². The number of aliphatic carboxylic acids is 1. The van der Waals surface area contributed by atoms with E-state index in [-0.39, 0.29) is 41.8 Å². The van der Waals surface area contributed by atoms with Crippen LogP contribution in [0, 0.1) is 10.8 Å². The number of phenols is 4. The first-order valence-electron chi connectivity index (χ1n) is 41.3. The standard InChI is InChI=1S/C87H97Cl2N11O29/c1-37(2)12-9-7-6-8-10-13-60(106)92-68-72(109)74(111)77(85(120)121)129-86(68)128-76-57-30-42-31-58(76)125-54-23-18-41(28-49(54)88)70(107)67-83(118)96-65(79(114)90-24-11-25-99(3)4)47-32-43(102)33-56(126-87-75(112)73(110)71(108)59(36-101)127-87)61(47)46-27-39(16-21-51(46)103)63(80(115)97-67)93-81(116)64(42)94-82(117)66-48-34-45(35-53(105)62(48)89)124-55-29-40(17-22-52(55)104)69(100(5)98-122)84(119)91-50(78(113)95-66)26-38-14-19-44(123-57)20-15-38/h14-23,27-35,37,50,59,63-75,77,86-87,101-105,107-112H,6-13,24-26,36H2,1-5H3,(H,90,114)(H,91,119)(H,92,106)(H,93,116)(H,94,117)(H,95,113)(H,96,118)(H,97,115)(H,120,121)/t50-,59-,63+,64-,65+,66-,67+,68-,69-,70-,71+,72-,73+,74+,75+,77-,86-,87-/m1/s1. The summed E-state index contributed by atoms with van der Waals surface area (Å²) >= 11 is 14.3. The molecular weight excluding hydrogens is 1730 g/mol. The minimum absolute atomic E-state index is 0.0534. The molecule has 17 bridgehead atoms. The van der Waals surface area contributed by atoms with E-state index in [9.17, 15) is 80.6 Å². The molecule has 0 radical (unpaired) electrons. The van der Waals surface area contributed by atoms with Gasteiger partial charge in [-0.15, -0.1) is 4.91 Å². The van der Waals surface area contributed by atoms with Crippen LogP contribution in [-0.4, -0.2) is 239 Å². The van der Waals surface area contributed by atoms with Gasteiger partial charge in [0, 0.05) is 55.3 Å². The number of unbranched alkanes of at least 4 members (excludes halogenated alkanes) is 4. The van der Waals surface area contributed by atoms with Crippen molar-refractivity contribution in [2.45, 2.75) is 181 Å². The molecule has 0 aliphatic carbocycles. The number of nitrogens with one attached hydrogen (secondary N) is 8. The molecule has 20 N–H and O–H groups in total. The number of hydrogen-bond acceptors (Lipinski definition) is 30. The number of carboxylic acids is 1. The zero-order chi connectivity index (χ0) is 92.8. The van der Waals surface area contributed by atoms with Crippen molar-refractivity contribution in [3.8, 4) is 80.1 Å². The van der Waals surface area contributed by atoms with E-state index in [0.717, 1.165) is 118 Å². The number of ether oxygens (including phenoxy) is 7. The van der Waals surface area contributed by atoms with E-state index in [1.54, 1.807) is 19.0 Å². The zero-order valence-corrected chi connectivity index (χ0v) is 71.3. The molecule has 0 aromatic heterocycles. The second kappa shape index (κ2) is 40.5. The number of amides is 8. The molecule has 8 amide bonds. The van der Waals surface area contributed by atoms with E-state index in [1.165, 1.54) is 30.3 Å². The van der Waals surface area contributed by atoms with Gasteiger partial charge in [0.25, 0.3) is 0 Å². The van der Waals surface area contributed by atoms with E-state index >= 15 is 28.8 Å². The van der Waals surface area contributed by atoms with Gasteiger partial charge < -0.3 is 142 Å². The van der Waals surface area contributed by atoms with Crippen LogP contribution >= 0.6 is 23.2 Å². The van der Waals surface area contributed by atoms with Crippen LogP contribution in [0.2, 0.25) is 10.0 Å². The summed E-state index contributed by atoms with van der Waals surface area (Å²) in [4.78, 5) is 153. The van der Waals surface area contributed by atoms with Crippen LogP contribution in [0.4, 0.5) is 0 Å². The molecule has 7 aromatic rings. The van der Waals surface area contributed by atoms with Crippen molar-refractivity contribution in [3.05, 3.63) is 169 Å². The molecule has 0 spiro atoms. The molecule has 0 saturated carbocycles. The number of hydrogen-bond donors (Lipinski definition) is 20. The smallest absolute Gasteiger partial charge is 0.335 e. The molecule has 2 saturated heterocycles. The van der Waals surface area contributed by atoms with Gasteiger partial charge in [-0.25, -0.2) is 9.80 Å². The monoisotopic (exact) mass is 1830 g/mol. The van der Waals surface area contributed by atoms with Crippen LogP contribution in [0.1, 0.15) is 140 Å². The van der Waals surface area contributed by atoms with Gasteiger partial charge >= 0.3 is 5.97 Å². The lowest BCUT2D eigenvalue weighted by atomic mass is 9.89. The largest absolute Gasteiger partial charge is 0.508 e. The quantitative estimate of drug-likeness (QED) is 0.0257. The normalized spacial score (nSPS) is 25.7. The predicted molar refractivity (Wildman–Crippen MR) is 452 cm³/mol. The van der Waals surface area contributed by atoms with Gasteiger partial charge in [-0.1, -0.05) is 99.5 Å². The number of nitrogens with zero attached hydrogens (tertiary/aromatic N) is 3. The first-order chi connectivity index (χ1) is 61.5. The highest BCUT2D eigenvalue weighted by atomic mass is 35.5. The Morgan fingerprint density at radius 3 is 1.92 bits per heavy atom. The van der Waals surface area contributed by atoms with E-state index in [4.69, 9.17) is 56.4 Å². The number of carbonyl (C=O) groups excluding carboxylic acids is 8. The number of nitroso groups, excluding NO2 is 1. The topological polar surface area (TPSA) is 593 Å². The number of carbonyl (C=O) groups is 9. The van der Waals surface area contributed by atoms with Crippen LogP contribution in [-0.2, 0) is 59.0 Å². The highest BCUT2D eigenvalue weighted by molar-refractivity contribution is 6.33. The van der Waals surface area contributed by atoms with Gasteiger partial charge in [-0.2, -0.15) is 0 Å². The third kappa shape index (κ3) is 21.1. The van der Waals surface area contributed by atoms with Gasteiger partial charge in [0.15, 0.2) is 35.1 Å². The van der Waals surface area contributed by atoms with Crippen molar-refractivity contribution in [1.82, 2.24) is 52.4 Å². The molecule has 0 unspecified atom stereocenters. The molecule has 15 rings (SSSR count). The molecule has 8 heterocycles. The van der Waals surface area contributed by atoms with Crippen LogP contribution in [0.25, 0.3) is 11.1 Å². The van der Waals surface area contributed by atoms with Crippen LogP contribution in [0.3, 0.4) is 0 Å². The van der Waals surface area contributed by atoms with Crippen molar-refractivity contribution >= 4 is 76.4 Å². The van der Waals surface area contributed by atoms with E-state index in [1.807, 2.05) is 0 Å². The van der Waals surface area contributed by atoms with Gasteiger partial charge in [0.05, 0.1) is 21.9 Å². The van der Waals surface area contributed by atoms with Crippen molar-refractivity contribution < 1.29 is 138 Å². The summed E-state index contributed by atoms with van der Waals surface area (Å²) in [5, 5.41) is 162. The Balaban J connectivity index is 1.05. The maximum Gasteiger partial charge on any atom is 0.335 e. The average molecular weight is 1830 g/mol. The maximum atomic E-state index is 16.8. The third-order valence-electron chi connectivity index (χ3n) is 22.7. The Labute approximate surface area is 745 Å². The summed E-state index contributed by atoms with van der Waals surface area (Å²) in [6.45, 7) is 3.51. The molecule has 2 fully saturated rings. The van der Waals surface area contributed by atoms with E-state index in [2.05, 4.69) is 61.7 Å². The number of halogens is 2. The molecule has 7 aromatic carbocycles. The van der Waals surface area contributed by atoms with Crippen molar-refractivity contribution in [2.75, 3.05) is 40.8 Å². The van der Waals surface area contributed by atoms with Gasteiger partial charge in [-0.3, -0.25) is 38.4 Å². The van der Waals surface area contributed by atoms with Crippen molar-refractivity contribution in [1.29, 1.82) is 0 Å². The highest BCUT2D eigenvalue weighted by Crippen LogP contribution is 2.51. The summed E-state index contributed by atoms with van der Waals surface area (Å²) in [6, 6.07) is 4.04. The Bertz CT molecular complexity index is 5420. The third-order valence-corrected chi connectivity index (χ3v) is 23.4. The summed E-state index contributed by atoms with van der Waals surface area (Å²) < 4.78 is 44.4. The Hall–Kier alpha value is -12.5. The fourth-order valence-corrected chi connectivity index (χ4v) is 16.3. The molecule has 42 heteroatoms. The zero-order valence-electron chi connectivity index (χ0n) is 69.8. The lowest BCUT2D eigenvalue weighted by Crippen LogP contribution is -2.66. The molecular formula is C87H97Cl2N11O29. The lowest BCUT2D eigenvalue weighted by Gasteiger charge is -2.41. The Kier molecular flexibility index (Phi) is 29.5. The Morgan fingerprint density at radius 1 is 0.574 bits per heavy atom. The minimum Gasteiger partial charge on any atom is -0.508 e. The minimum atomic E-state index is -2.49. The predicted octanol–water partition coefficient (Wildman–Crippen LogP) is 4.17. The van der Waals surface area contributed by atoms with Gasteiger partial charge in [-0.05, 0) is 146 Å². The molecule has 8 aliphatic rings. The van der Waals surface area contributed by atoms with E-state index < -0.39 is 283 Å². The SMILES string of the molecule is CC(C)CCCCCCCC(=O)N[C@H]1[C@H](Oc2c3cc4cc2Oc2ccc(cc2Cl)[C@@H](O)[C@@H]2NC(=O)[C@@H](NC(=O)[C@@H]4NC(=O)[C@@H]4NC(=O)[C@@H](Cc5ccc(cc5)O3)NC(=O)[C@H](N(C)N=O)c3ccc(O)c(c3)Oc3cc(O)c(Cl)c4c3)c3ccc(O)c(c3)-c3c(O[C@@H]4O[C@H](CO)[C@H](O)[C@H](O)[C@@H]4O)cc(O)cc3[C@@H](C(=O)NCCCN(C)C)NC2=O)O[C@@H](C(=O)O)[C@@H](O)[C@@H]1O. The molecule has 18 atom stereocenters. The number of benzene rings is 7. The molecule has 40 nitrogen and oxygen atoms in total. The number of likely N-dealkylation sites (N-methyl/N-ethyl adjacent to an activating group) is 1. The number of carboxylic acid groups (broad SMARTS) is 1. The second-order valence-corrected chi connectivity index (χ2v) is 33.5. The fourth-order valence-electron chi connectivity index (χ4n) is 15.9.